The van der Waals surface area contributed by atoms with Gasteiger partial charge in [-0.05, 0) is 18.6 Å². The molecule has 5 heteroatoms. The molecule has 0 radical (unpaired) electrons. The van der Waals surface area contributed by atoms with Crippen LogP contribution in [0.25, 0.3) is 10.4 Å². The van der Waals surface area contributed by atoms with E-state index in [-0.39, 0.29) is 15.7 Å². The molecular weight excluding hydrogens is 263 g/mol. The predicted octanol–water partition coefficient (Wildman–Crippen LogP) is 4.21. The van der Waals surface area contributed by atoms with Crippen molar-refractivity contribution in [2.45, 2.75) is 6.92 Å². The van der Waals surface area contributed by atoms with E-state index in [0.29, 0.717) is 16.0 Å². The van der Waals surface area contributed by atoms with Crippen molar-refractivity contribution in [2.75, 3.05) is 0 Å². The smallest absolute Gasteiger partial charge is 0.338 e. The monoisotopic (exact) mass is 270 g/mol. The SMILES string of the molecule is Cc1c(-c2ccccc2F)sc(Cl)c1C(=O)O. The highest BCUT2D eigenvalue weighted by Crippen LogP contribution is 2.40. The van der Waals surface area contributed by atoms with Crippen LogP contribution < -0.4 is 0 Å². The Hall–Kier alpha value is -1.39. The van der Waals surface area contributed by atoms with Crippen LogP contribution in [-0.2, 0) is 0 Å². The van der Waals surface area contributed by atoms with Crippen LogP contribution >= 0.6 is 22.9 Å². The Morgan fingerprint density at radius 1 is 1.41 bits per heavy atom. The van der Waals surface area contributed by atoms with Gasteiger partial charge in [0.15, 0.2) is 0 Å². The Morgan fingerprint density at radius 3 is 2.59 bits per heavy atom. The zero-order valence-corrected chi connectivity index (χ0v) is 10.4. The van der Waals surface area contributed by atoms with E-state index in [1.54, 1.807) is 25.1 Å². The minimum Gasteiger partial charge on any atom is -0.478 e. The lowest BCUT2D eigenvalue weighted by molar-refractivity contribution is 0.0697. The fourth-order valence-corrected chi connectivity index (χ4v) is 3.13. The zero-order valence-electron chi connectivity index (χ0n) is 8.83. The Kier molecular flexibility index (Phi) is 3.17. The highest BCUT2D eigenvalue weighted by atomic mass is 35.5. The number of hydrogen-bond donors (Lipinski definition) is 1. The van der Waals surface area contributed by atoms with Gasteiger partial charge in [-0.1, -0.05) is 29.8 Å². The molecule has 1 aromatic heterocycles. The van der Waals surface area contributed by atoms with Crippen molar-refractivity contribution in [3.05, 3.63) is 45.5 Å². The molecule has 0 saturated carbocycles. The van der Waals surface area contributed by atoms with Gasteiger partial charge >= 0.3 is 5.97 Å². The van der Waals surface area contributed by atoms with Crippen LogP contribution in [0.15, 0.2) is 24.3 Å². The van der Waals surface area contributed by atoms with Crippen LogP contribution in [0, 0.1) is 12.7 Å². The Bertz CT molecular complexity index is 592. The van der Waals surface area contributed by atoms with Gasteiger partial charge in [-0.25, -0.2) is 9.18 Å². The lowest BCUT2D eigenvalue weighted by Gasteiger charge is -2.01. The first-order valence-corrected chi connectivity index (χ1v) is 5.99. The third-order valence-corrected chi connectivity index (χ3v) is 3.97. The van der Waals surface area contributed by atoms with Gasteiger partial charge in [0.05, 0.1) is 5.56 Å². The molecule has 1 aromatic carbocycles. The number of carboxylic acid groups (broad SMARTS) is 1. The third kappa shape index (κ3) is 2.06. The average Bonchev–Trinajstić information content (AvgIpc) is 2.55. The molecule has 0 bridgehead atoms. The van der Waals surface area contributed by atoms with E-state index in [9.17, 15) is 9.18 Å². The maximum atomic E-state index is 13.6. The summed E-state index contributed by atoms with van der Waals surface area (Å²) in [7, 11) is 0. The molecule has 2 nitrogen and oxygen atoms in total. The number of hydrogen-bond acceptors (Lipinski definition) is 2. The second-order valence-corrected chi connectivity index (χ2v) is 5.11. The maximum Gasteiger partial charge on any atom is 0.338 e. The summed E-state index contributed by atoms with van der Waals surface area (Å²) in [5.74, 6) is -1.48. The van der Waals surface area contributed by atoms with Crippen LogP contribution in [0.3, 0.4) is 0 Å². The molecule has 0 amide bonds. The van der Waals surface area contributed by atoms with E-state index in [1.165, 1.54) is 6.07 Å². The van der Waals surface area contributed by atoms with Gasteiger partial charge in [0.25, 0.3) is 0 Å². The quantitative estimate of drug-likeness (QED) is 0.887. The molecular formula is C12H8ClFO2S. The summed E-state index contributed by atoms with van der Waals surface area (Å²) in [5, 5.41) is 9.00. The second kappa shape index (κ2) is 4.47. The highest BCUT2D eigenvalue weighted by molar-refractivity contribution is 7.20. The van der Waals surface area contributed by atoms with E-state index in [1.807, 2.05) is 0 Å². The molecule has 2 rings (SSSR count). The van der Waals surface area contributed by atoms with Gasteiger partial charge < -0.3 is 5.11 Å². The number of aromatic carboxylic acids is 1. The lowest BCUT2D eigenvalue weighted by Crippen LogP contribution is -1.97. The topological polar surface area (TPSA) is 37.3 Å². The summed E-state index contributed by atoms with van der Waals surface area (Å²) >= 11 is 6.94. The van der Waals surface area contributed by atoms with Crippen LogP contribution in [0.1, 0.15) is 15.9 Å². The van der Waals surface area contributed by atoms with Gasteiger partial charge in [0.2, 0.25) is 0 Å². The normalized spacial score (nSPS) is 10.5. The van der Waals surface area contributed by atoms with Crippen molar-refractivity contribution in [2.24, 2.45) is 0 Å². The number of carbonyl (C=O) groups is 1. The molecule has 0 aliphatic heterocycles. The van der Waals surface area contributed by atoms with Gasteiger partial charge in [-0.2, -0.15) is 0 Å². The van der Waals surface area contributed by atoms with Crippen molar-refractivity contribution in [3.63, 3.8) is 0 Å². The van der Waals surface area contributed by atoms with Gasteiger partial charge in [0.1, 0.15) is 10.2 Å². The minimum absolute atomic E-state index is 0.0509. The van der Waals surface area contributed by atoms with Crippen molar-refractivity contribution in [1.82, 2.24) is 0 Å². The largest absolute Gasteiger partial charge is 0.478 e. The molecule has 17 heavy (non-hydrogen) atoms. The molecule has 0 aliphatic rings. The standard InChI is InChI=1S/C12H8ClFO2S/c1-6-9(12(15)16)11(13)17-10(6)7-4-2-3-5-8(7)14/h2-5H,1H3,(H,15,16). The van der Waals surface area contributed by atoms with Gasteiger partial charge in [-0.3, -0.25) is 0 Å². The van der Waals surface area contributed by atoms with E-state index >= 15 is 0 Å². The predicted molar refractivity (Wildman–Crippen MR) is 66.4 cm³/mol. The summed E-state index contributed by atoms with van der Waals surface area (Å²) in [4.78, 5) is 11.6. The molecule has 2 aromatic rings. The molecule has 0 fully saturated rings. The van der Waals surface area contributed by atoms with E-state index < -0.39 is 5.97 Å². The molecule has 1 N–H and O–H groups in total. The summed E-state index contributed by atoms with van der Waals surface area (Å²) < 4.78 is 13.8. The molecule has 88 valence electrons. The summed E-state index contributed by atoms with van der Waals surface area (Å²) in [6.45, 7) is 1.63. The number of thiophene rings is 1. The van der Waals surface area contributed by atoms with Crippen LogP contribution in [-0.4, -0.2) is 11.1 Å². The fourth-order valence-electron chi connectivity index (χ4n) is 1.62. The molecule has 0 spiro atoms. The molecule has 0 saturated heterocycles. The number of rotatable bonds is 2. The molecule has 1 heterocycles. The maximum absolute atomic E-state index is 13.6. The van der Waals surface area contributed by atoms with Gasteiger partial charge in [-0.15, -0.1) is 11.3 Å². The molecule has 0 unspecified atom stereocenters. The van der Waals surface area contributed by atoms with Gasteiger partial charge in [0, 0.05) is 10.4 Å². The average molecular weight is 271 g/mol. The Labute approximate surface area is 106 Å². The third-order valence-electron chi connectivity index (χ3n) is 2.44. The summed E-state index contributed by atoms with van der Waals surface area (Å²) in [6, 6.07) is 6.23. The molecule has 0 atom stereocenters. The zero-order chi connectivity index (χ0) is 12.6. The minimum atomic E-state index is -1.09. The van der Waals surface area contributed by atoms with Crippen molar-refractivity contribution in [3.8, 4) is 10.4 Å². The van der Waals surface area contributed by atoms with E-state index in [4.69, 9.17) is 16.7 Å². The lowest BCUT2D eigenvalue weighted by atomic mass is 10.1. The Morgan fingerprint density at radius 2 is 2.06 bits per heavy atom. The Balaban J connectivity index is 2.66. The highest BCUT2D eigenvalue weighted by Gasteiger charge is 2.21. The number of halogens is 2. The fraction of sp³-hybridized carbons (Fsp3) is 0.0833. The van der Waals surface area contributed by atoms with Crippen molar-refractivity contribution < 1.29 is 14.3 Å². The van der Waals surface area contributed by atoms with Crippen molar-refractivity contribution >= 4 is 28.9 Å². The first kappa shape index (κ1) is 12.1. The number of benzene rings is 1. The molecule has 0 aliphatic carbocycles. The summed E-state index contributed by atoms with van der Waals surface area (Å²) in [6.07, 6.45) is 0. The number of carboxylic acids is 1. The first-order chi connectivity index (χ1) is 8.02. The second-order valence-electron chi connectivity index (χ2n) is 3.49. The van der Waals surface area contributed by atoms with Crippen LogP contribution in [0.5, 0.6) is 0 Å². The van der Waals surface area contributed by atoms with E-state index in [2.05, 4.69) is 0 Å². The first-order valence-electron chi connectivity index (χ1n) is 4.79. The van der Waals surface area contributed by atoms with Crippen molar-refractivity contribution in [1.29, 1.82) is 0 Å². The van der Waals surface area contributed by atoms with Crippen LogP contribution in [0.4, 0.5) is 4.39 Å². The summed E-state index contributed by atoms with van der Waals surface area (Å²) in [5.41, 5.74) is 0.928. The van der Waals surface area contributed by atoms with Crippen LogP contribution in [0.2, 0.25) is 4.34 Å². The van der Waals surface area contributed by atoms with E-state index in [0.717, 1.165) is 11.3 Å².